The Labute approximate surface area is 94.1 Å². The molecule has 0 aliphatic heterocycles. The number of aromatic nitrogens is 1. The first-order chi connectivity index (χ1) is 7.08. The smallest absolute Gasteiger partial charge is 0.0963 e. The molecule has 1 aromatic heterocycles. The second-order valence-corrected chi connectivity index (χ2v) is 5.28. The Bertz CT molecular complexity index is 465. The summed E-state index contributed by atoms with van der Waals surface area (Å²) in [5, 5.41) is 1.20. The van der Waals surface area contributed by atoms with Crippen LogP contribution in [0.15, 0.2) is 18.2 Å². The molecule has 2 nitrogen and oxygen atoms in total. The van der Waals surface area contributed by atoms with E-state index in [1.807, 2.05) is 6.92 Å². The molecule has 1 aromatic carbocycles. The quantitative estimate of drug-likeness (QED) is 0.842. The SMILES string of the molecule is CC(C)c1nc2ccc(C(C)N)cc2s1. The zero-order chi connectivity index (χ0) is 11.0. The normalized spacial score (nSPS) is 13.7. The number of hydrogen-bond donors (Lipinski definition) is 1. The molecule has 0 spiro atoms. The van der Waals surface area contributed by atoms with E-state index in [0.29, 0.717) is 5.92 Å². The molecule has 3 heteroatoms. The molecule has 2 rings (SSSR count). The van der Waals surface area contributed by atoms with Crippen LogP contribution in [0.4, 0.5) is 0 Å². The van der Waals surface area contributed by atoms with Crippen molar-refractivity contribution in [3.05, 3.63) is 28.8 Å². The molecule has 2 N–H and O–H groups in total. The minimum Gasteiger partial charge on any atom is -0.324 e. The topological polar surface area (TPSA) is 38.9 Å². The van der Waals surface area contributed by atoms with Gasteiger partial charge in [0.2, 0.25) is 0 Å². The number of hydrogen-bond acceptors (Lipinski definition) is 3. The van der Waals surface area contributed by atoms with Crippen LogP contribution in [-0.2, 0) is 0 Å². The van der Waals surface area contributed by atoms with E-state index in [0.717, 1.165) is 5.52 Å². The van der Waals surface area contributed by atoms with E-state index in [2.05, 4.69) is 37.0 Å². The van der Waals surface area contributed by atoms with Gasteiger partial charge in [0.15, 0.2) is 0 Å². The van der Waals surface area contributed by atoms with Crippen LogP contribution in [0.25, 0.3) is 10.2 Å². The molecule has 0 fully saturated rings. The summed E-state index contributed by atoms with van der Waals surface area (Å²) in [5.74, 6) is 0.501. The summed E-state index contributed by atoms with van der Waals surface area (Å²) in [6.07, 6.45) is 0. The number of nitrogens with two attached hydrogens (primary N) is 1. The van der Waals surface area contributed by atoms with Gasteiger partial charge in [-0.1, -0.05) is 19.9 Å². The summed E-state index contributed by atoms with van der Waals surface area (Å²) in [5.41, 5.74) is 8.13. The summed E-state index contributed by atoms with van der Waals surface area (Å²) in [4.78, 5) is 4.59. The molecule has 0 amide bonds. The van der Waals surface area contributed by atoms with Crippen LogP contribution in [0, 0.1) is 0 Å². The van der Waals surface area contributed by atoms with Gasteiger partial charge >= 0.3 is 0 Å². The lowest BCUT2D eigenvalue weighted by Crippen LogP contribution is -2.03. The van der Waals surface area contributed by atoms with Crippen LogP contribution in [-0.4, -0.2) is 4.98 Å². The largest absolute Gasteiger partial charge is 0.324 e. The molecule has 0 radical (unpaired) electrons. The molecule has 0 saturated carbocycles. The average molecular weight is 220 g/mol. The maximum atomic E-state index is 5.86. The minimum atomic E-state index is 0.0963. The Hall–Kier alpha value is -0.930. The van der Waals surface area contributed by atoms with Crippen LogP contribution in [0.2, 0.25) is 0 Å². The van der Waals surface area contributed by atoms with E-state index in [4.69, 9.17) is 5.73 Å². The maximum Gasteiger partial charge on any atom is 0.0963 e. The zero-order valence-electron chi connectivity index (χ0n) is 9.32. The Morgan fingerprint density at radius 2 is 2.00 bits per heavy atom. The summed E-state index contributed by atoms with van der Waals surface area (Å²) >= 11 is 1.77. The number of nitrogens with zero attached hydrogens (tertiary/aromatic N) is 1. The van der Waals surface area contributed by atoms with Crippen molar-refractivity contribution >= 4 is 21.6 Å². The minimum absolute atomic E-state index is 0.0963. The highest BCUT2D eigenvalue weighted by Gasteiger charge is 2.08. The van der Waals surface area contributed by atoms with E-state index in [-0.39, 0.29) is 6.04 Å². The fourth-order valence-corrected chi connectivity index (χ4v) is 2.51. The van der Waals surface area contributed by atoms with Gasteiger partial charge in [-0.15, -0.1) is 11.3 Å². The van der Waals surface area contributed by atoms with Crippen molar-refractivity contribution < 1.29 is 0 Å². The van der Waals surface area contributed by atoms with Gasteiger partial charge in [0, 0.05) is 12.0 Å². The van der Waals surface area contributed by atoms with Gasteiger partial charge in [-0.05, 0) is 24.6 Å². The third-order valence-electron chi connectivity index (χ3n) is 2.45. The Kier molecular flexibility index (Phi) is 2.76. The molecule has 1 unspecified atom stereocenters. The van der Waals surface area contributed by atoms with Gasteiger partial charge < -0.3 is 5.73 Å². The fourth-order valence-electron chi connectivity index (χ4n) is 1.49. The molecular formula is C12H16N2S. The lowest BCUT2D eigenvalue weighted by Gasteiger charge is -2.03. The maximum absolute atomic E-state index is 5.86. The van der Waals surface area contributed by atoms with Crippen molar-refractivity contribution in [3.8, 4) is 0 Å². The third kappa shape index (κ3) is 2.03. The number of fused-ring (bicyclic) bond motifs is 1. The van der Waals surface area contributed by atoms with E-state index in [9.17, 15) is 0 Å². The molecule has 1 heterocycles. The monoisotopic (exact) mass is 220 g/mol. The van der Waals surface area contributed by atoms with Gasteiger partial charge in [0.1, 0.15) is 0 Å². The molecule has 0 saturated heterocycles. The summed E-state index contributed by atoms with van der Waals surface area (Å²) in [6.45, 7) is 6.35. The van der Waals surface area contributed by atoms with Gasteiger partial charge in [-0.2, -0.15) is 0 Å². The highest BCUT2D eigenvalue weighted by molar-refractivity contribution is 7.18. The molecule has 0 aliphatic rings. The number of rotatable bonds is 2. The highest BCUT2D eigenvalue weighted by Crippen LogP contribution is 2.28. The zero-order valence-corrected chi connectivity index (χ0v) is 10.1. The molecule has 15 heavy (non-hydrogen) atoms. The van der Waals surface area contributed by atoms with Gasteiger partial charge in [-0.3, -0.25) is 0 Å². The first kappa shape index (κ1) is 10.6. The molecule has 0 bridgehead atoms. The van der Waals surface area contributed by atoms with Crippen molar-refractivity contribution in [2.75, 3.05) is 0 Å². The summed E-state index contributed by atoms with van der Waals surface area (Å²) in [7, 11) is 0. The van der Waals surface area contributed by atoms with Crippen molar-refractivity contribution in [3.63, 3.8) is 0 Å². The van der Waals surface area contributed by atoms with Gasteiger partial charge in [0.05, 0.1) is 15.2 Å². The van der Waals surface area contributed by atoms with Crippen LogP contribution in [0.5, 0.6) is 0 Å². The van der Waals surface area contributed by atoms with Crippen LogP contribution >= 0.6 is 11.3 Å². The summed E-state index contributed by atoms with van der Waals surface area (Å²) < 4.78 is 1.24. The molecule has 0 aliphatic carbocycles. The van der Waals surface area contributed by atoms with Gasteiger partial charge in [0.25, 0.3) is 0 Å². The second-order valence-electron chi connectivity index (χ2n) is 4.22. The van der Waals surface area contributed by atoms with Crippen LogP contribution in [0.1, 0.15) is 43.3 Å². The van der Waals surface area contributed by atoms with E-state index in [1.54, 1.807) is 11.3 Å². The number of thiazole rings is 1. The first-order valence-corrected chi connectivity index (χ1v) is 6.05. The Morgan fingerprint density at radius 3 is 2.60 bits per heavy atom. The first-order valence-electron chi connectivity index (χ1n) is 5.24. The lowest BCUT2D eigenvalue weighted by molar-refractivity contribution is 0.820. The average Bonchev–Trinajstić information content (AvgIpc) is 2.59. The highest BCUT2D eigenvalue weighted by atomic mass is 32.1. The van der Waals surface area contributed by atoms with E-state index >= 15 is 0 Å². The number of benzene rings is 1. The molecule has 1 atom stereocenters. The fraction of sp³-hybridized carbons (Fsp3) is 0.417. The Morgan fingerprint density at radius 1 is 1.27 bits per heavy atom. The van der Waals surface area contributed by atoms with Crippen molar-refractivity contribution in [2.45, 2.75) is 32.7 Å². The predicted octanol–water partition coefficient (Wildman–Crippen LogP) is 3.44. The molecule has 2 aromatic rings. The lowest BCUT2D eigenvalue weighted by atomic mass is 10.1. The molecule has 80 valence electrons. The molecular weight excluding hydrogens is 204 g/mol. The standard InChI is InChI=1S/C12H16N2S/c1-7(2)12-14-10-5-4-9(8(3)13)6-11(10)15-12/h4-8H,13H2,1-3H3. The van der Waals surface area contributed by atoms with Crippen LogP contribution in [0.3, 0.4) is 0 Å². The van der Waals surface area contributed by atoms with Crippen molar-refractivity contribution in [1.82, 2.24) is 4.98 Å². The Balaban J connectivity index is 2.52. The predicted molar refractivity (Wildman–Crippen MR) is 66.3 cm³/mol. The van der Waals surface area contributed by atoms with E-state index in [1.165, 1.54) is 15.3 Å². The van der Waals surface area contributed by atoms with Gasteiger partial charge in [-0.25, -0.2) is 4.98 Å². The third-order valence-corrected chi connectivity index (χ3v) is 3.77. The van der Waals surface area contributed by atoms with Crippen molar-refractivity contribution in [1.29, 1.82) is 0 Å². The van der Waals surface area contributed by atoms with E-state index < -0.39 is 0 Å². The van der Waals surface area contributed by atoms with Crippen LogP contribution < -0.4 is 5.73 Å². The second kappa shape index (κ2) is 3.91. The van der Waals surface area contributed by atoms with Crippen molar-refractivity contribution in [2.24, 2.45) is 5.73 Å². The summed E-state index contributed by atoms with van der Waals surface area (Å²) in [6, 6.07) is 6.38.